The third-order valence-corrected chi connectivity index (χ3v) is 3.39. The molecule has 0 aromatic carbocycles. The predicted molar refractivity (Wildman–Crippen MR) is 66.9 cm³/mol. The van der Waals surface area contributed by atoms with E-state index in [1.165, 1.54) is 18.5 Å². The summed E-state index contributed by atoms with van der Waals surface area (Å²) < 4.78 is 0. The van der Waals surface area contributed by atoms with Crippen molar-refractivity contribution in [2.45, 2.75) is 46.6 Å². The molecule has 0 bridgehead atoms. The van der Waals surface area contributed by atoms with E-state index in [2.05, 4.69) is 38.7 Å². The standard InChI is InChI=1S/C13H26N2/c1-11-5-8-15(9-6-11)10-7-12(14)13(2,3)4/h5,12H,6-10,14H2,1-4H3. The van der Waals surface area contributed by atoms with Crippen LogP contribution in [-0.4, -0.2) is 30.6 Å². The highest BCUT2D eigenvalue weighted by Crippen LogP contribution is 2.20. The van der Waals surface area contributed by atoms with E-state index in [0.29, 0.717) is 6.04 Å². The Morgan fingerprint density at radius 2 is 2.13 bits per heavy atom. The summed E-state index contributed by atoms with van der Waals surface area (Å²) in [6, 6.07) is 0.310. The largest absolute Gasteiger partial charge is 0.327 e. The van der Waals surface area contributed by atoms with Crippen LogP contribution in [0.3, 0.4) is 0 Å². The van der Waals surface area contributed by atoms with Gasteiger partial charge in [0.1, 0.15) is 0 Å². The van der Waals surface area contributed by atoms with Crippen LogP contribution in [0.5, 0.6) is 0 Å². The van der Waals surface area contributed by atoms with E-state index in [-0.39, 0.29) is 5.41 Å². The van der Waals surface area contributed by atoms with Gasteiger partial charge in [0.05, 0.1) is 0 Å². The summed E-state index contributed by atoms with van der Waals surface area (Å²) in [4.78, 5) is 2.50. The van der Waals surface area contributed by atoms with Crippen molar-refractivity contribution in [2.24, 2.45) is 11.1 Å². The van der Waals surface area contributed by atoms with Crippen molar-refractivity contribution in [2.75, 3.05) is 19.6 Å². The third kappa shape index (κ3) is 4.35. The second kappa shape index (κ2) is 5.13. The first kappa shape index (κ1) is 12.7. The Morgan fingerprint density at radius 1 is 1.47 bits per heavy atom. The molecule has 2 nitrogen and oxygen atoms in total. The molecule has 1 unspecified atom stereocenters. The summed E-state index contributed by atoms with van der Waals surface area (Å²) in [5.74, 6) is 0. The van der Waals surface area contributed by atoms with Crippen LogP contribution in [-0.2, 0) is 0 Å². The van der Waals surface area contributed by atoms with E-state index in [1.807, 2.05) is 0 Å². The maximum Gasteiger partial charge on any atom is 0.0165 e. The molecule has 1 atom stereocenters. The summed E-state index contributed by atoms with van der Waals surface area (Å²) in [6.45, 7) is 12.3. The van der Waals surface area contributed by atoms with Gasteiger partial charge in [-0.15, -0.1) is 0 Å². The molecule has 2 heteroatoms. The Hall–Kier alpha value is -0.340. The summed E-state index contributed by atoms with van der Waals surface area (Å²) >= 11 is 0. The summed E-state index contributed by atoms with van der Waals surface area (Å²) in [5, 5.41) is 0. The Labute approximate surface area is 94.5 Å². The van der Waals surface area contributed by atoms with Gasteiger partial charge in [0.2, 0.25) is 0 Å². The molecule has 0 radical (unpaired) electrons. The summed E-state index contributed by atoms with van der Waals surface area (Å²) in [6.07, 6.45) is 4.67. The van der Waals surface area contributed by atoms with E-state index >= 15 is 0 Å². The quantitative estimate of drug-likeness (QED) is 0.725. The number of hydrogen-bond acceptors (Lipinski definition) is 2. The fraction of sp³-hybridized carbons (Fsp3) is 0.846. The molecule has 0 aromatic heterocycles. The van der Waals surface area contributed by atoms with Crippen LogP contribution in [0.1, 0.15) is 40.5 Å². The Balaban J connectivity index is 2.27. The van der Waals surface area contributed by atoms with Crippen molar-refractivity contribution in [1.82, 2.24) is 4.90 Å². The minimum atomic E-state index is 0.238. The van der Waals surface area contributed by atoms with Crippen molar-refractivity contribution in [3.05, 3.63) is 11.6 Å². The number of rotatable bonds is 3. The minimum Gasteiger partial charge on any atom is -0.327 e. The van der Waals surface area contributed by atoms with Crippen molar-refractivity contribution in [1.29, 1.82) is 0 Å². The zero-order valence-corrected chi connectivity index (χ0v) is 10.7. The van der Waals surface area contributed by atoms with Crippen molar-refractivity contribution < 1.29 is 0 Å². The fourth-order valence-electron chi connectivity index (χ4n) is 1.77. The normalized spacial score (nSPS) is 21.3. The van der Waals surface area contributed by atoms with Crippen molar-refractivity contribution in [3.8, 4) is 0 Å². The zero-order valence-electron chi connectivity index (χ0n) is 10.7. The van der Waals surface area contributed by atoms with Crippen LogP contribution in [0.15, 0.2) is 11.6 Å². The molecule has 0 saturated heterocycles. The van der Waals surface area contributed by atoms with Crippen LogP contribution in [0.25, 0.3) is 0 Å². The smallest absolute Gasteiger partial charge is 0.0165 e. The molecule has 88 valence electrons. The lowest BCUT2D eigenvalue weighted by Crippen LogP contribution is -2.39. The van der Waals surface area contributed by atoms with Gasteiger partial charge in [-0.3, -0.25) is 4.90 Å². The third-order valence-electron chi connectivity index (χ3n) is 3.39. The lowest BCUT2D eigenvalue weighted by Gasteiger charge is -2.31. The van der Waals surface area contributed by atoms with Gasteiger partial charge in [-0.05, 0) is 31.7 Å². The highest BCUT2D eigenvalue weighted by molar-refractivity contribution is 5.03. The molecule has 1 heterocycles. The van der Waals surface area contributed by atoms with E-state index in [4.69, 9.17) is 5.73 Å². The van der Waals surface area contributed by atoms with Gasteiger partial charge in [-0.2, -0.15) is 0 Å². The highest BCUT2D eigenvalue weighted by atomic mass is 15.1. The molecule has 0 fully saturated rings. The Bertz CT molecular complexity index is 225. The molecule has 0 aliphatic carbocycles. The Kier molecular flexibility index (Phi) is 4.35. The SMILES string of the molecule is CC1=CCN(CCC(N)C(C)(C)C)CC1. The molecule has 1 aliphatic heterocycles. The molecular formula is C13H26N2. The topological polar surface area (TPSA) is 29.3 Å². The molecule has 2 N–H and O–H groups in total. The zero-order chi connectivity index (χ0) is 11.5. The lowest BCUT2D eigenvalue weighted by atomic mass is 9.85. The predicted octanol–water partition coefficient (Wildman–Crippen LogP) is 2.40. The van der Waals surface area contributed by atoms with Gasteiger partial charge in [0, 0.05) is 19.1 Å². The fourth-order valence-corrected chi connectivity index (χ4v) is 1.77. The van der Waals surface area contributed by atoms with E-state index in [1.54, 1.807) is 0 Å². The Morgan fingerprint density at radius 3 is 2.60 bits per heavy atom. The van der Waals surface area contributed by atoms with Gasteiger partial charge in [0.25, 0.3) is 0 Å². The molecular weight excluding hydrogens is 184 g/mol. The molecule has 0 spiro atoms. The van der Waals surface area contributed by atoms with Gasteiger partial charge in [-0.25, -0.2) is 0 Å². The van der Waals surface area contributed by atoms with Crippen LogP contribution in [0.2, 0.25) is 0 Å². The molecule has 1 aliphatic rings. The van der Waals surface area contributed by atoms with Crippen molar-refractivity contribution >= 4 is 0 Å². The number of hydrogen-bond donors (Lipinski definition) is 1. The minimum absolute atomic E-state index is 0.238. The van der Waals surface area contributed by atoms with Crippen LogP contribution in [0.4, 0.5) is 0 Å². The molecule has 1 rings (SSSR count). The second-order valence-corrected chi connectivity index (χ2v) is 5.86. The number of nitrogens with two attached hydrogens (primary N) is 1. The first-order valence-corrected chi connectivity index (χ1v) is 6.03. The van der Waals surface area contributed by atoms with E-state index in [9.17, 15) is 0 Å². The first-order valence-electron chi connectivity index (χ1n) is 6.03. The monoisotopic (exact) mass is 210 g/mol. The maximum absolute atomic E-state index is 6.15. The highest BCUT2D eigenvalue weighted by Gasteiger charge is 2.21. The average molecular weight is 210 g/mol. The first-order chi connectivity index (χ1) is 6.89. The molecule has 0 saturated carbocycles. The molecule has 15 heavy (non-hydrogen) atoms. The second-order valence-electron chi connectivity index (χ2n) is 5.86. The van der Waals surface area contributed by atoms with Crippen LogP contribution in [0, 0.1) is 5.41 Å². The van der Waals surface area contributed by atoms with Crippen molar-refractivity contribution in [3.63, 3.8) is 0 Å². The van der Waals surface area contributed by atoms with Gasteiger partial charge >= 0.3 is 0 Å². The van der Waals surface area contributed by atoms with Crippen LogP contribution >= 0.6 is 0 Å². The van der Waals surface area contributed by atoms with Gasteiger partial charge < -0.3 is 5.73 Å². The lowest BCUT2D eigenvalue weighted by molar-refractivity contribution is 0.238. The summed E-state index contributed by atoms with van der Waals surface area (Å²) in [7, 11) is 0. The van der Waals surface area contributed by atoms with Crippen LogP contribution < -0.4 is 5.73 Å². The van der Waals surface area contributed by atoms with E-state index < -0.39 is 0 Å². The van der Waals surface area contributed by atoms with Gasteiger partial charge in [-0.1, -0.05) is 32.4 Å². The van der Waals surface area contributed by atoms with E-state index in [0.717, 1.165) is 19.5 Å². The molecule has 0 aromatic rings. The van der Waals surface area contributed by atoms with Gasteiger partial charge in [0.15, 0.2) is 0 Å². The maximum atomic E-state index is 6.15. The molecule has 0 amide bonds. The summed E-state index contributed by atoms with van der Waals surface area (Å²) in [5.41, 5.74) is 7.92. The average Bonchev–Trinajstić information content (AvgIpc) is 2.15. The number of nitrogens with zero attached hydrogens (tertiary/aromatic N) is 1.